The topological polar surface area (TPSA) is 26.5 Å². The standard InChI is InChI=1S/C23H24N2O/c1-18-6-10-22(11-7-18)26-23-12-8-20(9-13-23)24-16-19-14-15-25(17-19)21-4-2-3-5-21/h6-17,21H,2-5H2,1H3. The first kappa shape index (κ1) is 16.6. The van der Waals surface area contributed by atoms with Crippen molar-refractivity contribution < 1.29 is 4.74 Å². The summed E-state index contributed by atoms with van der Waals surface area (Å²) < 4.78 is 8.20. The molecule has 1 aliphatic carbocycles. The van der Waals surface area contributed by atoms with Crippen LogP contribution < -0.4 is 4.74 Å². The van der Waals surface area contributed by atoms with Crippen molar-refractivity contribution in [1.82, 2.24) is 4.57 Å². The fourth-order valence-corrected chi connectivity index (χ4v) is 3.43. The third-order valence-electron chi connectivity index (χ3n) is 4.94. The maximum atomic E-state index is 5.86. The van der Waals surface area contributed by atoms with E-state index in [0.29, 0.717) is 6.04 Å². The molecule has 1 aromatic heterocycles. The fraction of sp³-hybridized carbons (Fsp3) is 0.261. The summed E-state index contributed by atoms with van der Waals surface area (Å²) in [5.41, 5.74) is 3.30. The maximum Gasteiger partial charge on any atom is 0.127 e. The molecule has 0 unspecified atom stereocenters. The molecule has 1 fully saturated rings. The summed E-state index contributed by atoms with van der Waals surface area (Å²) >= 11 is 0. The summed E-state index contributed by atoms with van der Waals surface area (Å²) in [6.07, 6.45) is 11.6. The zero-order chi connectivity index (χ0) is 17.8. The van der Waals surface area contributed by atoms with E-state index in [1.807, 2.05) is 54.7 Å². The highest BCUT2D eigenvalue weighted by Crippen LogP contribution is 2.29. The molecular weight excluding hydrogens is 320 g/mol. The number of hydrogen-bond acceptors (Lipinski definition) is 2. The van der Waals surface area contributed by atoms with Gasteiger partial charge >= 0.3 is 0 Å². The molecule has 3 heteroatoms. The van der Waals surface area contributed by atoms with E-state index >= 15 is 0 Å². The first-order valence-corrected chi connectivity index (χ1v) is 9.32. The molecule has 0 spiro atoms. The van der Waals surface area contributed by atoms with Gasteiger partial charge in [0.05, 0.1) is 5.69 Å². The third-order valence-corrected chi connectivity index (χ3v) is 4.94. The Hall–Kier alpha value is -2.81. The van der Waals surface area contributed by atoms with Gasteiger partial charge in [0.25, 0.3) is 0 Å². The van der Waals surface area contributed by atoms with Crippen LogP contribution in [-0.4, -0.2) is 10.8 Å². The number of rotatable bonds is 5. The van der Waals surface area contributed by atoms with Gasteiger partial charge in [-0.3, -0.25) is 4.99 Å². The predicted octanol–water partition coefficient (Wildman–Crippen LogP) is 6.45. The molecule has 0 amide bonds. The zero-order valence-electron chi connectivity index (χ0n) is 15.1. The molecule has 1 heterocycles. The van der Waals surface area contributed by atoms with Gasteiger partial charge in [-0.05, 0) is 62.2 Å². The number of hydrogen-bond donors (Lipinski definition) is 0. The van der Waals surface area contributed by atoms with Gasteiger partial charge in [0.15, 0.2) is 0 Å². The molecule has 0 atom stereocenters. The highest BCUT2D eigenvalue weighted by molar-refractivity contribution is 5.81. The number of ether oxygens (including phenoxy) is 1. The van der Waals surface area contributed by atoms with E-state index in [0.717, 1.165) is 22.7 Å². The molecular formula is C23H24N2O. The van der Waals surface area contributed by atoms with Gasteiger partial charge in [-0.25, -0.2) is 0 Å². The van der Waals surface area contributed by atoms with Crippen molar-refractivity contribution in [2.75, 3.05) is 0 Å². The van der Waals surface area contributed by atoms with Crippen molar-refractivity contribution in [2.24, 2.45) is 4.99 Å². The van der Waals surface area contributed by atoms with Crippen LogP contribution in [0.3, 0.4) is 0 Å². The number of aromatic nitrogens is 1. The summed E-state index contributed by atoms with van der Waals surface area (Å²) in [4.78, 5) is 4.58. The molecule has 0 N–H and O–H groups in total. The molecule has 1 saturated carbocycles. The van der Waals surface area contributed by atoms with E-state index in [2.05, 4.69) is 34.9 Å². The Morgan fingerprint density at radius 3 is 2.27 bits per heavy atom. The van der Waals surface area contributed by atoms with Gasteiger partial charge in [-0.2, -0.15) is 0 Å². The molecule has 0 saturated heterocycles. The van der Waals surface area contributed by atoms with E-state index in [9.17, 15) is 0 Å². The Balaban J connectivity index is 1.39. The highest BCUT2D eigenvalue weighted by atomic mass is 16.5. The lowest BCUT2D eigenvalue weighted by atomic mass is 10.2. The first-order chi connectivity index (χ1) is 12.8. The van der Waals surface area contributed by atoms with Crippen LogP contribution in [0.25, 0.3) is 0 Å². The molecule has 0 bridgehead atoms. The summed E-state index contributed by atoms with van der Waals surface area (Å²) in [5.74, 6) is 1.67. The van der Waals surface area contributed by atoms with Crippen molar-refractivity contribution >= 4 is 11.9 Å². The van der Waals surface area contributed by atoms with Crippen molar-refractivity contribution in [3.63, 3.8) is 0 Å². The van der Waals surface area contributed by atoms with Crippen LogP contribution in [0.15, 0.2) is 72.0 Å². The zero-order valence-corrected chi connectivity index (χ0v) is 15.1. The van der Waals surface area contributed by atoms with Crippen molar-refractivity contribution in [3.05, 3.63) is 78.1 Å². The minimum atomic E-state index is 0.676. The average molecular weight is 344 g/mol. The molecule has 26 heavy (non-hydrogen) atoms. The van der Waals surface area contributed by atoms with E-state index in [-0.39, 0.29) is 0 Å². The molecule has 1 aliphatic rings. The summed E-state index contributed by atoms with van der Waals surface area (Å²) in [6.45, 7) is 2.07. The minimum absolute atomic E-state index is 0.676. The molecule has 2 aromatic carbocycles. The van der Waals surface area contributed by atoms with Crippen molar-refractivity contribution in [2.45, 2.75) is 38.6 Å². The summed E-state index contributed by atoms with van der Waals surface area (Å²) in [5, 5.41) is 0. The molecule has 3 nitrogen and oxygen atoms in total. The Kier molecular flexibility index (Phi) is 4.87. The second-order valence-corrected chi connectivity index (χ2v) is 7.00. The summed E-state index contributed by atoms with van der Waals surface area (Å²) in [7, 11) is 0. The third kappa shape index (κ3) is 4.05. The van der Waals surface area contributed by atoms with Gasteiger partial charge in [0.2, 0.25) is 0 Å². The monoisotopic (exact) mass is 344 g/mol. The SMILES string of the molecule is Cc1ccc(Oc2ccc(N=Cc3ccn(C4CCCC4)c3)cc2)cc1. The lowest BCUT2D eigenvalue weighted by molar-refractivity contribution is 0.482. The highest BCUT2D eigenvalue weighted by Gasteiger charge is 2.15. The van der Waals surface area contributed by atoms with Gasteiger partial charge in [0, 0.05) is 30.2 Å². The van der Waals surface area contributed by atoms with Crippen LogP contribution in [0.4, 0.5) is 5.69 Å². The molecule has 3 aromatic rings. The second-order valence-electron chi connectivity index (χ2n) is 7.00. The Morgan fingerprint density at radius 1 is 0.923 bits per heavy atom. The number of benzene rings is 2. The predicted molar refractivity (Wildman–Crippen MR) is 107 cm³/mol. The smallest absolute Gasteiger partial charge is 0.127 e. The largest absolute Gasteiger partial charge is 0.457 e. The van der Waals surface area contributed by atoms with Crippen LogP contribution >= 0.6 is 0 Å². The number of aryl methyl sites for hydroxylation is 1. The van der Waals surface area contributed by atoms with Crippen LogP contribution in [0, 0.1) is 6.92 Å². The first-order valence-electron chi connectivity index (χ1n) is 9.32. The number of nitrogens with zero attached hydrogens (tertiary/aromatic N) is 2. The van der Waals surface area contributed by atoms with E-state index in [1.165, 1.54) is 31.2 Å². The van der Waals surface area contributed by atoms with Crippen LogP contribution in [0.5, 0.6) is 11.5 Å². The molecule has 0 aliphatic heterocycles. The fourth-order valence-electron chi connectivity index (χ4n) is 3.43. The molecule has 0 radical (unpaired) electrons. The Morgan fingerprint density at radius 2 is 1.58 bits per heavy atom. The Bertz CT molecular complexity index is 869. The average Bonchev–Trinajstić information content (AvgIpc) is 3.34. The van der Waals surface area contributed by atoms with E-state index in [4.69, 9.17) is 4.74 Å². The van der Waals surface area contributed by atoms with Crippen molar-refractivity contribution in [3.8, 4) is 11.5 Å². The minimum Gasteiger partial charge on any atom is -0.457 e. The Labute approximate surface area is 155 Å². The van der Waals surface area contributed by atoms with Gasteiger partial charge in [-0.1, -0.05) is 30.5 Å². The van der Waals surface area contributed by atoms with E-state index < -0.39 is 0 Å². The lowest BCUT2D eigenvalue weighted by Crippen LogP contribution is -2.00. The van der Waals surface area contributed by atoms with Crippen molar-refractivity contribution in [1.29, 1.82) is 0 Å². The van der Waals surface area contributed by atoms with Gasteiger partial charge < -0.3 is 9.30 Å². The van der Waals surface area contributed by atoms with Gasteiger partial charge in [0.1, 0.15) is 11.5 Å². The van der Waals surface area contributed by atoms with Crippen LogP contribution in [0.1, 0.15) is 42.9 Å². The van der Waals surface area contributed by atoms with E-state index in [1.54, 1.807) is 0 Å². The second kappa shape index (κ2) is 7.61. The summed E-state index contributed by atoms with van der Waals surface area (Å²) in [6, 6.07) is 18.7. The van der Waals surface area contributed by atoms with Crippen LogP contribution in [0.2, 0.25) is 0 Å². The van der Waals surface area contributed by atoms with Gasteiger partial charge in [-0.15, -0.1) is 0 Å². The maximum absolute atomic E-state index is 5.86. The lowest BCUT2D eigenvalue weighted by Gasteiger charge is -2.10. The number of aliphatic imine (C=N–C) groups is 1. The van der Waals surface area contributed by atoms with Crippen LogP contribution in [-0.2, 0) is 0 Å². The molecule has 132 valence electrons. The normalized spacial score (nSPS) is 15.0. The molecule has 4 rings (SSSR count). The quantitative estimate of drug-likeness (QED) is 0.488.